The molecule has 3 heteroatoms. The maximum atomic E-state index is 4.48. The van der Waals surface area contributed by atoms with Crippen molar-refractivity contribution < 1.29 is 0 Å². The predicted molar refractivity (Wildman–Crippen MR) is 86.2 cm³/mol. The average molecular weight is 327 g/mol. The van der Waals surface area contributed by atoms with Crippen LogP contribution in [-0.4, -0.2) is 9.78 Å². The van der Waals surface area contributed by atoms with E-state index in [1.165, 1.54) is 16.7 Å². The van der Waals surface area contributed by atoms with Crippen LogP contribution in [0.25, 0.3) is 16.9 Å². The van der Waals surface area contributed by atoms with Crippen molar-refractivity contribution in [2.24, 2.45) is 0 Å². The van der Waals surface area contributed by atoms with Gasteiger partial charge in [-0.3, -0.25) is 0 Å². The predicted octanol–water partition coefficient (Wildman–Crippen LogP) is 4.92. The molecule has 100 valence electrons. The molecule has 0 saturated carbocycles. The molecule has 0 atom stereocenters. The van der Waals surface area contributed by atoms with Gasteiger partial charge >= 0.3 is 0 Å². The number of halogens is 1. The van der Waals surface area contributed by atoms with Gasteiger partial charge in [-0.2, -0.15) is 5.10 Å². The van der Waals surface area contributed by atoms with E-state index in [1.807, 2.05) is 23.0 Å². The Morgan fingerprint density at radius 1 is 0.900 bits per heavy atom. The fourth-order valence-corrected chi connectivity index (χ4v) is 2.76. The third kappa shape index (κ3) is 2.29. The highest BCUT2D eigenvalue weighted by molar-refractivity contribution is 9.10. The summed E-state index contributed by atoms with van der Waals surface area (Å²) in [7, 11) is 0. The number of benzene rings is 2. The first-order valence-corrected chi connectivity index (χ1v) is 7.32. The fraction of sp³-hybridized carbons (Fsp3) is 0.118. The lowest BCUT2D eigenvalue weighted by molar-refractivity contribution is 0.886. The smallest absolute Gasteiger partial charge is 0.0746 e. The fourth-order valence-electron chi connectivity index (χ4n) is 2.50. The normalized spacial score (nSPS) is 10.8. The summed E-state index contributed by atoms with van der Waals surface area (Å²) in [5.41, 5.74) is 5.99. The minimum absolute atomic E-state index is 1.07. The summed E-state index contributed by atoms with van der Waals surface area (Å²) in [6.45, 7) is 4.28. The first kappa shape index (κ1) is 13.1. The number of hydrogen-bond acceptors (Lipinski definition) is 1. The van der Waals surface area contributed by atoms with Crippen molar-refractivity contribution in [1.29, 1.82) is 0 Å². The molecule has 0 spiro atoms. The molecule has 2 aromatic carbocycles. The number of aromatic nitrogens is 2. The van der Waals surface area contributed by atoms with Crippen LogP contribution in [-0.2, 0) is 0 Å². The van der Waals surface area contributed by atoms with E-state index in [4.69, 9.17) is 0 Å². The SMILES string of the molecule is Cc1cccc(C)c1-c1ccnn1-c1ccc(Br)cc1. The van der Waals surface area contributed by atoms with Crippen LogP contribution in [0.4, 0.5) is 0 Å². The van der Waals surface area contributed by atoms with Crippen LogP contribution in [0.15, 0.2) is 59.2 Å². The molecule has 1 heterocycles. The quantitative estimate of drug-likeness (QED) is 0.653. The Morgan fingerprint density at radius 3 is 2.20 bits per heavy atom. The van der Waals surface area contributed by atoms with Gasteiger partial charge < -0.3 is 0 Å². The van der Waals surface area contributed by atoms with Crippen LogP contribution >= 0.6 is 15.9 Å². The summed E-state index contributed by atoms with van der Waals surface area (Å²) in [6, 6.07) is 16.6. The van der Waals surface area contributed by atoms with E-state index in [-0.39, 0.29) is 0 Å². The van der Waals surface area contributed by atoms with Crippen molar-refractivity contribution in [3.8, 4) is 16.9 Å². The average Bonchev–Trinajstić information content (AvgIpc) is 2.88. The van der Waals surface area contributed by atoms with Gasteiger partial charge in [-0.25, -0.2) is 4.68 Å². The lowest BCUT2D eigenvalue weighted by Gasteiger charge is -2.12. The molecule has 0 amide bonds. The van der Waals surface area contributed by atoms with Crippen molar-refractivity contribution in [3.63, 3.8) is 0 Å². The molecular formula is C17H15BrN2. The third-order valence-corrected chi connectivity index (χ3v) is 3.98. The number of hydrogen-bond donors (Lipinski definition) is 0. The van der Waals surface area contributed by atoms with Crippen LogP contribution < -0.4 is 0 Å². The van der Waals surface area contributed by atoms with E-state index >= 15 is 0 Å². The molecule has 0 saturated heterocycles. The van der Waals surface area contributed by atoms with E-state index in [2.05, 4.69) is 71.3 Å². The maximum Gasteiger partial charge on any atom is 0.0746 e. The molecule has 0 radical (unpaired) electrons. The number of aryl methyl sites for hydroxylation is 2. The monoisotopic (exact) mass is 326 g/mol. The van der Waals surface area contributed by atoms with Gasteiger partial charge in [0.25, 0.3) is 0 Å². The second-order valence-corrected chi connectivity index (χ2v) is 5.79. The van der Waals surface area contributed by atoms with Gasteiger partial charge in [-0.05, 0) is 55.3 Å². The zero-order chi connectivity index (χ0) is 14.1. The molecule has 0 unspecified atom stereocenters. The van der Waals surface area contributed by atoms with Crippen molar-refractivity contribution in [1.82, 2.24) is 9.78 Å². The summed E-state index contributed by atoms with van der Waals surface area (Å²) in [4.78, 5) is 0. The molecular weight excluding hydrogens is 312 g/mol. The van der Waals surface area contributed by atoms with Gasteiger partial charge in [0.2, 0.25) is 0 Å². The van der Waals surface area contributed by atoms with E-state index < -0.39 is 0 Å². The van der Waals surface area contributed by atoms with Gasteiger partial charge in [0.1, 0.15) is 0 Å². The molecule has 0 aliphatic heterocycles. The Labute approximate surface area is 127 Å². The van der Waals surface area contributed by atoms with Crippen LogP contribution in [0.2, 0.25) is 0 Å². The van der Waals surface area contributed by atoms with E-state index in [9.17, 15) is 0 Å². The van der Waals surface area contributed by atoms with Crippen molar-refractivity contribution in [2.75, 3.05) is 0 Å². The Morgan fingerprint density at radius 2 is 1.55 bits per heavy atom. The van der Waals surface area contributed by atoms with E-state index in [0.717, 1.165) is 15.9 Å². The summed E-state index contributed by atoms with van der Waals surface area (Å²) in [5.74, 6) is 0. The summed E-state index contributed by atoms with van der Waals surface area (Å²) < 4.78 is 3.06. The van der Waals surface area contributed by atoms with Crippen molar-refractivity contribution in [3.05, 3.63) is 70.3 Å². The first-order valence-electron chi connectivity index (χ1n) is 6.53. The van der Waals surface area contributed by atoms with Gasteiger partial charge in [0.05, 0.1) is 17.6 Å². The minimum atomic E-state index is 1.07. The molecule has 3 aromatic rings. The van der Waals surface area contributed by atoms with Gasteiger partial charge in [-0.15, -0.1) is 0 Å². The highest BCUT2D eigenvalue weighted by Gasteiger charge is 2.11. The summed E-state index contributed by atoms with van der Waals surface area (Å²) in [5, 5.41) is 4.48. The Bertz CT molecular complexity index is 722. The van der Waals surface area contributed by atoms with Gasteiger partial charge in [0.15, 0.2) is 0 Å². The molecule has 0 bridgehead atoms. The van der Waals surface area contributed by atoms with Crippen LogP contribution in [0, 0.1) is 13.8 Å². The van der Waals surface area contributed by atoms with E-state index in [0.29, 0.717) is 0 Å². The second-order valence-electron chi connectivity index (χ2n) is 4.87. The van der Waals surface area contributed by atoms with Crippen LogP contribution in [0.3, 0.4) is 0 Å². The third-order valence-electron chi connectivity index (χ3n) is 3.45. The van der Waals surface area contributed by atoms with Gasteiger partial charge in [-0.1, -0.05) is 34.1 Å². The van der Waals surface area contributed by atoms with E-state index in [1.54, 1.807) is 0 Å². The van der Waals surface area contributed by atoms with Crippen molar-refractivity contribution >= 4 is 15.9 Å². The maximum absolute atomic E-state index is 4.48. The highest BCUT2D eigenvalue weighted by Crippen LogP contribution is 2.29. The number of rotatable bonds is 2. The summed E-state index contributed by atoms with van der Waals surface area (Å²) in [6.07, 6.45) is 1.85. The van der Waals surface area contributed by atoms with Crippen molar-refractivity contribution in [2.45, 2.75) is 13.8 Å². The summed E-state index contributed by atoms with van der Waals surface area (Å²) >= 11 is 3.47. The Balaban J connectivity index is 2.18. The number of nitrogens with zero attached hydrogens (tertiary/aromatic N) is 2. The largest absolute Gasteiger partial charge is 0.233 e. The lowest BCUT2D eigenvalue weighted by Crippen LogP contribution is -2.00. The topological polar surface area (TPSA) is 17.8 Å². The zero-order valence-electron chi connectivity index (χ0n) is 11.5. The molecule has 20 heavy (non-hydrogen) atoms. The molecule has 3 rings (SSSR count). The molecule has 0 N–H and O–H groups in total. The molecule has 0 fully saturated rings. The minimum Gasteiger partial charge on any atom is -0.233 e. The van der Waals surface area contributed by atoms with Gasteiger partial charge in [0, 0.05) is 10.0 Å². The van der Waals surface area contributed by atoms with Crippen LogP contribution in [0.5, 0.6) is 0 Å². The molecule has 0 aliphatic rings. The Kier molecular flexibility index (Phi) is 3.45. The highest BCUT2D eigenvalue weighted by atomic mass is 79.9. The standard InChI is InChI=1S/C17H15BrN2/c1-12-4-3-5-13(2)17(12)16-10-11-19-20(16)15-8-6-14(18)7-9-15/h3-11H,1-2H3. The first-order chi connectivity index (χ1) is 9.66. The second kappa shape index (κ2) is 5.25. The zero-order valence-corrected chi connectivity index (χ0v) is 13.1. The van der Waals surface area contributed by atoms with Crippen LogP contribution in [0.1, 0.15) is 11.1 Å². The molecule has 2 nitrogen and oxygen atoms in total. The molecule has 1 aromatic heterocycles. The lowest BCUT2D eigenvalue weighted by atomic mass is 10.00. The molecule has 0 aliphatic carbocycles. The Hall–Kier alpha value is -1.87.